The van der Waals surface area contributed by atoms with E-state index < -0.39 is 17.6 Å². The van der Waals surface area contributed by atoms with Crippen molar-refractivity contribution in [3.05, 3.63) is 23.8 Å². The highest BCUT2D eigenvalue weighted by Crippen LogP contribution is 2.37. The number of hydrogen-bond donors (Lipinski definition) is 2. The van der Waals surface area contributed by atoms with Gasteiger partial charge in [0.05, 0.1) is 18.4 Å². The van der Waals surface area contributed by atoms with Gasteiger partial charge >= 0.3 is 6.18 Å². The Labute approximate surface area is 120 Å². The van der Waals surface area contributed by atoms with E-state index in [9.17, 15) is 18.0 Å². The van der Waals surface area contributed by atoms with Crippen molar-refractivity contribution in [2.45, 2.75) is 31.5 Å². The van der Waals surface area contributed by atoms with Crippen LogP contribution in [0, 0.1) is 0 Å². The van der Waals surface area contributed by atoms with E-state index in [4.69, 9.17) is 4.74 Å². The smallest absolute Gasteiger partial charge is 0.418 e. The second-order valence-electron chi connectivity index (χ2n) is 4.94. The Morgan fingerprint density at radius 1 is 1.38 bits per heavy atom. The standard InChI is InChI=1S/C14H17F3N2O2/c1-21-10-4-5-12(11(8-10)14(15,16)17)19-13(20)6-7-18-9-2-3-9/h4-5,8-9,18H,2-3,6-7H2,1H3,(H,19,20). The van der Waals surface area contributed by atoms with E-state index in [1.165, 1.54) is 19.2 Å². The first-order chi connectivity index (χ1) is 9.90. The van der Waals surface area contributed by atoms with Gasteiger partial charge in [-0.2, -0.15) is 13.2 Å². The molecular formula is C14H17F3N2O2. The highest BCUT2D eigenvalue weighted by Gasteiger charge is 2.34. The molecule has 0 heterocycles. The maximum absolute atomic E-state index is 13.0. The molecule has 1 fully saturated rings. The van der Waals surface area contributed by atoms with Crippen molar-refractivity contribution < 1.29 is 22.7 Å². The Morgan fingerprint density at radius 3 is 2.67 bits per heavy atom. The van der Waals surface area contributed by atoms with Gasteiger partial charge in [0, 0.05) is 19.0 Å². The maximum Gasteiger partial charge on any atom is 0.418 e. The molecule has 2 N–H and O–H groups in total. The number of ether oxygens (including phenoxy) is 1. The summed E-state index contributed by atoms with van der Waals surface area (Å²) in [6, 6.07) is 3.92. The van der Waals surface area contributed by atoms with Crippen LogP contribution in [0.5, 0.6) is 5.75 Å². The number of anilines is 1. The normalized spacial score (nSPS) is 14.9. The Bertz CT molecular complexity index is 513. The lowest BCUT2D eigenvalue weighted by Crippen LogP contribution is -2.24. The molecular weight excluding hydrogens is 285 g/mol. The maximum atomic E-state index is 13.0. The van der Waals surface area contributed by atoms with Gasteiger partial charge in [0.2, 0.25) is 5.91 Å². The minimum atomic E-state index is -4.55. The molecule has 1 amide bonds. The largest absolute Gasteiger partial charge is 0.497 e. The van der Waals surface area contributed by atoms with Gasteiger partial charge in [-0.15, -0.1) is 0 Å². The summed E-state index contributed by atoms with van der Waals surface area (Å²) in [5.74, 6) is -0.352. The summed E-state index contributed by atoms with van der Waals surface area (Å²) in [6.45, 7) is 0.466. The molecule has 21 heavy (non-hydrogen) atoms. The SMILES string of the molecule is COc1ccc(NC(=O)CCNC2CC2)c(C(F)(F)F)c1. The van der Waals surface area contributed by atoms with Gasteiger partial charge in [0.25, 0.3) is 0 Å². The second kappa shape index (κ2) is 6.34. The fraction of sp³-hybridized carbons (Fsp3) is 0.500. The molecule has 7 heteroatoms. The summed E-state index contributed by atoms with van der Waals surface area (Å²) < 4.78 is 43.7. The van der Waals surface area contributed by atoms with E-state index in [1.807, 2.05) is 0 Å². The lowest BCUT2D eigenvalue weighted by molar-refractivity contribution is -0.137. The number of benzene rings is 1. The molecule has 0 atom stereocenters. The first-order valence-corrected chi connectivity index (χ1v) is 6.68. The number of hydrogen-bond acceptors (Lipinski definition) is 3. The van der Waals surface area contributed by atoms with Crippen molar-refractivity contribution in [3.8, 4) is 5.75 Å². The summed E-state index contributed by atoms with van der Waals surface area (Å²) in [5.41, 5.74) is -1.16. The third-order valence-corrected chi connectivity index (χ3v) is 3.17. The summed E-state index contributed by atoms with van der Waals surface area (Å²) in [5, 5.41) is 5.44. The van der Waals surface area contributed by atoms with E-state index in [0.29, 0.717) is 12.6 Å². The molecule has 4 nitrogen and oxygen atoms in total. The average molecular weight is 302 g/mol. The Balaban J connectivity index is 2.01. The fourth-order valence-electron chi connectivity index (χ4n) is 1.88. The van der Waals surface area contributed by atoms with Crippen LogP contribution in [-0.4, -0.2) is 25.6 Å². The molecule has 0 saturated heterocycles. The number of nitrogens with one attached hydrogen (secondary N) is 2. The van der Waals surface area contributed by atoms with E-state index in [-0.39, 0.29) is 17.9 Å². The first-order valence-electron chi connectivity index (χ1n) is 6.68. The summed E-state index contributed by atoms with van der Waals surface area (Å²) >= 11 is 0. The number of rotatable bonds is 6. The van der Waals surface area contributed by atoms with Crippen LogP contribution in [0.25, 0.3) is 0 Å². The van der Waals surface area contributed by atoms with Gasteiger partial charge in [-0.25, -0.2) is 0 Å². The number of methoxy groups -OCH3 is 1. The molecule has 0 unspecified atom stereocenters. The third-order valence-electron chi connectivity index (χ3n) is 3.17. The van der Waals surface area contributed by atoms with Gasteiger partial charge in [0.1, 0.15) is 5.75 Å². The molecule has 1 aliphatic rings. The molecule has 1 saturated carbocycles. The van der Waals surface area contributed by atoms with Crippen LogP contribution in [0.2, 0.25) is 0 Å². The monoisotopic (exact) mass is 302 g/mol. The van der Waals surface area contributed by atoms with Gasteiger partial charge in [-0.1, -0.05) is 0 Å². The highest BCUT2D eigenvalue weighted by molar-refractivity contribution is 5.91. The van der Waals surface area contributed by atoms with Crippen LogP contribution in [-0.2, 0) is 11.0 Å². The Kier molecular flexibility index (Phi) is 4.72. The average Bonchev–Trinajstić information content (AvgIpc) is 3.22. The van der Waals surface area contributed by atoms with Crippen LogP contribution in [0.1, 0.15) is 24.8 Å². The van der Waals surface area contributed by atoms with Crippen LogP contribution >= 0.6 is 0 Å². The van der Waals surface area contributed by atoms with Crippen molar-refractivity contribution in [3.63, 3.8) is 0 Å². The molecule has 0 bridgehead atoms. The molecule has 0 radical (unpaired) electrons. The topological polar surface area (TPSA) is 50.4 Å². The number of alkyl halides is 3. The zero-order valence-electron chi connectivity index (χ0n) is 11.6. The molecule has 1 aliphatic carbocycles. The highest BCUT2D eigenvalue weighted by atomic mass is 19.4. The molecule has 1 aromatic rings. The van der Waals surface area contributed by atoms with E-state index in [1.54, 1.807) is 0 Å². The minimum absolute atomic E-state index is 0.0933. The van der Waals surface area contributed by atoms with Crippen molar-refractivity contribution in [2.75, 3.05) is 19.0 Å². The molecule has 2 rings (SSSR count). The predicted octanol–water partition coefficient (Wildman–Crippen LogP) is 2.79. The number of carbonyl (C=O) groups is 1. The number of carbonyl (C=O) groups excluding carboxylic acids is 1. The lowest BCUT2D eigenvalue weighted by Gasteiger charge is -2.15. The fourth-order valence-corrected chi connectivity index (χ4v) is 1.88. The zero-order valence-corrected chi connectivity index (χ0v) is 11.6. The number of halogens is 3. The summed E-state index contributed by atoms with van der Waals surface area (Å²) in [4.78, 5) is 11.7. The van der Waals surface area contributed by atoms with Crippen molar-refractivity contribution in [2.24, 2.45) is 0 Å². The first kappa shape index (κ1) is 15.6. The van der Waals surface area contributed by atoms with Crippen molar-refractivity contribution in [1.82, 2.24) is 5.32 Å². The van der Waals surface area contributed by atoms with Gasteiger partial charge in [-0.05, 0) is 31.0 Å². The predicted molar refractivity (Wildman–Crippen MR) is 72.3 cm³/mol. The second-order valence-corrected chi connectivity index (χ2v) is 4.94. The molecule has 0 spiro atoms. The van der Waals surface area contributed by atoms with Crippen molar-refractivity contribution in [1.29, 1.82) is 0 Å². The molecule has 0 aliphatic heterocycles. The van der Waals surface area contributed by atoms with E-state index >= 15 is 0 Å². The lowest BCUT2D eigenvalue weighted by atomic mass is 10.1. The van der Waals surface area contributed by atoms with Crippen LogP contribution in [0.15, 0.2) is 18.2 Å². The molecule has 116 valence electrons. The van der Waals surface area contributed by atoms with Crippen LogP contribution in [0.4, 0.5) is 18.9 Å². The molecule has 0 aromatic heterocycles. The van der Waals surface area contributed by atoms with Crippen LogP contribution < -0.4 is 15.4 Å². The Hall–Kier alpha value is -1.76. The third kappa shape index (κ3) is 4.63. The number of amides is 1. The van der Waals surface area contributed by atoms with Crippen LogP contribution in [0.3, 0.4) is 0 Å². The van der Waals surface area contributed by atoms with Gasteiger partial charge < -0.3 is 15.4 Å². The summed E-state index contributed by atoms with van der Waals surface area (Å²) in [7, 11) is 1.29. The van der Waals surface area contributed by atoms with Crippen molar-refractivity contribution >= 4 is 11.6 Å². The van der Waals surface area contributed by atoms with Gasteiger partial charge in [-0.3, -0.25) is 4.79 Å². The Morgan fingerprint density at radius 2 is 2.10 bits per heavy atom. The summed E-state index contributed by atoms with van der Waals surface area (Å²) in [6.07, 6.45) is -2.22. The van der Waals surface area contributed by atoms with Gasteiger partial charge in [0.15, 0.2) is 0 Å². The minimum Gasteiger partial charge on any atom is -0.497 e. The molecule has 1 aromatic carbocycles. The van der Waals surface area contributed by atoms with E-state index in [0.717, 1.165) is 18.9 Å². The van der Waals surface area contributed by atoms with E-state index in [2.05, 4.69) is 10.6 Å². The quantitative estimate of drug-likeness (QED) is 0.849. The zero-order chi connectivity index (χ0) is 15.5.